The molecule has 1 aromatic carbocycles. The maximum atomic E-state index is 5.35. The average Bonchev–Trinajstić information content (AvgIpc) is 3.04. The third-order valence-electron chi connectivity index (χ3n) is 3.98. The molecule has 0 spiro atoms. The van der Waals surface area contributed by atoms with Gasteiger partial charge in [0.25, 0.3) is 0 Å². The molecule has 0 amide bonds. The molecule has 0 bridgehead atoms. The zero-order valence-corrected chi connectivity index (χ0v) is 17.2. The van der Waals surface area contributed by atoms with Gasteiger partial charge >= 0.3 is 0 Å². The van der Waals surface area contributed by atoms with E-state index in [2.05, 4.69) is 62.5 Å². The summed E-state index contributed by atoms with van der Waals surface area (Å²) in [5.41, 5.74) is 2.10. The molecule has 0 saturated carbocycles. The zero-order valence-electron chi connectivity index (χ0n) is 14.8. The second kappa shape index (κ2) is 10.5. The monoisotopic (exact) mass is 423 g/mol. The summed E-state index contributed by atoms with van der Waals surface area (Å²) < 4.78 is 2.98. The number of halogens is 1. The van der Waals surface area contributed by atoms with E-state index in [1.165, 1.54) is 5.56 Å². The Morgan fingerprint density at radius 3 is 2.64 bits per heavy atom. The Morgan fingerprint density at radius 2 is 1.96 bits per heavy atom. The Bertz CT molecular complexity index is 652. The van der Waals surface area contributed by atoms with Crippen LogP contribution in [0.1, 0.15) is 25.8 Å². The molecule has 2 aromatic rings. The largest absolute Gasteiger partial charge is 0.362 e. The fourth-order valence-corrected chi connectivity index (χ4v) is 3.00. The van der Waals surface area contributed by atoms with Gasteiger partial charge in [0.05, 0.1) is 18.4 Å². The van der Waals surface area contributed by atoms with E-state index in [0.29, 0.717) is 5.11 Å². The molecular formula is C18H26BrN5S. The van der Waals surface area contributed by atoms with Gasteiger partial charge in [0.1, 0.15) is 0 Å². The van der Waals surface area contributed by atoms with E-state index in [9.17, 15) is 0 Å². The molecule has 0 aliphatic heterocycles. The molecule has 25 heavy (non-hydrogen) atoms. The molecule has 136 valence electrons. The van der Waals surface area contributed by atoms with Gasteiger partial charge in [0.15, 0.2) is 5.11 Å². The van der Waals surface area contributed by atoms with Crippen molar-refractivity contribution >= 4 is 38.9 Å². The van der Waals surface area contributed by atoms with Crippen molar-refractivity contribution in [3.63, 3.8) is 0 Å². The molecule has 0 unspecified atom stereocenters. The fraction of sp³-hybridized carbons (Fsp3) is 0.444. The van der Waals surface area contributed by atoms with Crippen molar-refractivity contribution in [3.05, 3.63) is 46.7 Å². The van der Waals surface area contributed by atoms with Crippen molar-refractivity contribution in [2.45, 2.75) is 26.8 Å². The van der Waals surface area contributed by atoms with E-state index in [4.69, 9.17) is 12.2 Å². The number of hydrogen-bond acceptors (Lipinski definition) is 3. The van der Waals surface area contributed by atoms with Gasteiger partial charge in [-0.15, -0.1) is 0 Å². The second-order valence-electron chi connectivity index (χ2n) is 5.81. The number of thiocarbonyl (C=S) groups is 1. The number of rotatable bonds is 9. The van der Waals surface area contributed by atoms with Crippen LogP contribution in [0.25, 0.3) is 0 Å². The number of hydrogen-bond donors (Lipinski definition) is 2. The summed E-state index contributed by atoms with van der Waals surface area (Å²) in [4.78, 5) is 2.41. The number of aromatic nitrogens is 2. The van der Waals surface area contributed by atoms with Crippen molar-refractivity contribution < 1.29 is 0 Å². The van der Waals surface area contributed by atoms with Crippen LogP contribution in [-0.4, -0.2) is 46.0 Å². The second-order valence-corrected chi connectivity index (χ2v) is 7.14. The van der Waals surface area contributed by atoms with E-state index in [1.54, 1.807) is 6.20 Å². The Balaban J connectivity index is 1.72. The van der Waals surface area contributed by atoms with Crippen LogP contribution in [0, 0.1) is 0 Å². The summed E-state index contributed by atoms with van der Waals surface area (Å²) in [7, 11) is 0. The highest BCUT2D eigenvalue weighted by Gasteiger charge is 2.03. The first-order valence-corrected chi connectivity index (χ1v) is 9.85. The van der Waals surface area contributed by atoms with Crippen LogP contribution in [0.2, 0.25) is 0 Å². The van der Waals surface area contributed by atoms with Gasteiger partial charge in [-0.1, -0.05) is 41.9 Å². The van der Waals surface area contributed by atoms with E-state index >= 15 is 0 Å². The molecule has 0 atom stereocenters. The number of nitrogens with one attached hydrogen (secondary N) is 2. The van der Waals surface area contributed by atoms with Gasteiger partial charge < -0.3 is 15.5 Å². The van der Waals surface area contributed by atoms with Crippen molar-refractivity contribution in [1.82, 2.24) is 20.0 Å². The Kier molecular flexibility index (Phi) is 8.37. The lowest BCUT2D eigenvalue weighted by molar-refractivity contribution is 0.300. The SMILES string of the molecule is CCN(CC)CCCNC(=S)Nc1cnn(Cc2ccc(Br)cc2)c1. The Morgan fingerprint density at radius 1 is 1.24 bits per heavy atom. The van der Waals surface area contributed by atoms with Crippen molar-refractivity contribution in [2.75, 3.05) is 31.5 Å². The summed E-state index contributed by atoms with van der Waals surface area (Å²) in [6, 6.07) is 8.24. The lowest BCUT2D eigenvalue weighted by Gasteiger charge is -2.18. The maximum absolute atomic E-state index is 5.35. The predicted octanol–water partition coefficient (Wildman–Crippen LogP) is 3.71. The molecule has 0 radical (unpaired) electrons. The molecule has 2 rings (SSSR count). The number of benzene rings is 1. The molecule has 7 heteroatoms. The molecule has 5 nitrogen and oxygen atoms in total. The van der Waals surface area contributed by atoms with Crippen LogP contribution in [0.15, 0.2) is 41.1 Å². The van der Waals surface area contributed by atoms with Gasteiger partial charge in [0, 0.05) is 17.2 Å². The quantitative estimate of drug-likeness (QED) is 0.475. The highest BCUT2D eigenvalue weighted by atomic mass is 79.9. The Labute approximate surface area is 163 Å². The third kappa shape index (κ3) is 7.13. The van der Waals surface area contributed by atoms with Crippen molar-refractivity contribution in [1.29, 1.82) is 0 Å². The normalized spacial score (nSPS) is 10.9. The predicted molar refractivity (Wildman–Crippen MR) is 112 cm³/mol. The average molecular weight is 424 g/mol. The third-order valence-corrected chi connectivity index (χ3v) is 4.76. The molecule has 0 fully saturated rings. The van der Waals surface area contributed by atoms with E-state index in [-0.39, 0.29) is 0 Å². The van der Waals surface area contributed by atoms with Crippen LogP contribution in [-0.2, 0) is 6.54 Å². The molecule has 1 aromatic heterocycles. The summed E-state index contributed by atoms with van der Waals surface area (Å²) in [6.07, 6.45) is 4.83. The maximum Gasteiger partial charge on any atom is 0.170 e. The molecule has 0 aliphatic rings. The van der Waals surface area contributed by atoms with Crippen LogP contribution >= 0.6 is 28.1 Å². The minimum Gasteiger partial charge on any atom is -0.362 e. The first kappa shape index (κ1) is 19.9. The van der Waals surface area contributed by atoms with Gasteiger partial charge in [-0.3, -0.25) is 4.68 Å². The van der Waals surface area contributed by atoms with E-state index < -0.39 is 0 Å². The molecule has 0 aliphatic carbocycles. The van der Waals surface area contributed by atoms with Crippen LogP contribution in [0.3, 0.4) is 0 Å². The summed E-state index contributed by atoms with van der Waals surface area (Å²) in [5.74, 6) is 0. The summed E-state index contributed by atoms with van der Waals surface area (Å²) in [6.45, 7) is 9.26. The van der Waals surface area contributed by atoms with Gasteiger partial charge in [-0.2, -0.15) is 5.10 Å². The molecule has 0 saturated heterocycles. The van der Waals surface area contributed by atoms with E-state index in [0.717, 1.165) is 49.3 Å². The molecule has 2 N–H and O–H groups in total. The topological polar surface area (TPSA) is 45.1 Å². The van der Waals surface area contributed by atoms with Gasteiger partial charge in [-0.05, 0) is 56.0 Å². The van der Waals surface area contributed by atoms with Gasteiger partial charge in [0.2, 0.25) is 0 Å². The van der Waals surface area contributed by atoms with Crippen molar-refractivity contribution in [2.24, 2.45) is 0 Å². The lowest BCUT2D eigenvalue weighted by Crippen LogP contribution is -2.32. The minimum absolute atomic E-state index is 0.641. The van der Waals surface area contributed by atoms with Crippen molar-refractivity contribution in [3.8, 4) is 0 Å². The molecule has 1 heterocycles. The zero-order chi connectivity index (χ0) is 18.1. The first-order valence-electron chi connectivity index (χ1n) is 8.64. The van der Waals surface area contributed by atoms with E-state index in [1.807, 2.05) is 23.0 Å². The molecular weight excluding hydrogens is 398 g/mol. The lowest BCUT2D eigenvalue weighted by atomic mass is 10.2. The first-order chi connectivity index (χ1) is 12.1. The summed E-state index contributed by atoms with van der Waals surface area (Å²) >= 11 is 8.79. The Hall–Kier alpha value is -1.44. The standard InChI is InChI=1S/C18H26BrN5S/c1-3-23(4-2)11-5-10-20-18(25)22-17-12-21-24(14-17)13-15-6-8-16(19)9-7-15/h6-9,12,14H,3-5,10-11,13H2,1-2H3,(H2,20,22,25). The van der Waals surface area contributed by atoms with Crippen LogP contribution in [0.4, 0.5) is 5.69 Å². The number of anilines is 1. The smallest absolute Gasteiger partial charge is 0.170 e. The minimum atomic E-state index is 0.641. The van der Waals surface area contributed by atoms with Crippen LogP contribution in [0.5, 0.6) is 0 Å². The number of nitrogens with zero attached hydrogens (tertiary/aromatic N) is 3. The van der Waals surface area contributed by atoms with Gasteiger partial charge in [-0.25, -0.2) is 0 Å². The highest BCUT2D eigenvalue weighted by molar-refractivity contribution is 9.10. The summed E-state index contributed by atoms with van der Waals surface area (Å²) in [5, 5.41) is 11.5. The fourth-order valence-electron chi connectivity index (χ4n) is 2.51. The van der Waals surface area contributed by atoms with Crippen LogP contribution < -0.4 is 10.6 Å². The highest BCUT2D eigenvalue weighted by Crippen LogP contribution is 2.12.